The van der Waals surface area contributed by atoms with Gasteiger partial charge < -0.3 is 10.2 Å². The molecule has 0 aliphatic rings. The molecule has 0 atom stereocenters. The van der Waals surface area contributed by atoms with Crippen LogP contribution >= 0.6 is 22.6 Å². The van der Waals surface area contributed by atoms with Crippen LogP contribution in [-0.4, -0.2) is 55.4 Å². The van der Waals surface area contributed by atoms with E-state index in [0.29, 0.717) is 22.6 Å². The van der Waals surface area contributed by atoms with Crippen LogP contribution in [0.3, 0.4) is 0 Å². The monoisotopic (exact) mass is 272 g/mol. The van der Waals surface area contributed by atoms with Gasteiger partial charge in [0.15, 0.2) is 0 Å². The Morgan fingerprint density at radius 3 is 1.50 bits per heavy atom. The van der Waals surface area contributed by atoms with Crippen molar-refractivity contribution in [3.8, 4) is 0 Å². The van der Waals surface area contributed by atoms with Crippen LogP contribution in [0.25, 0.3) is 0 Å². The molecule has 7 heteroatoms. The van der Waals surface area contributed by atoms with Gasteiger partial charge in [-0.1, -0.05) is 0 Å². The van der Waals surface area contributed by atoms with Crippen LogP contribution in [0.4, 0.5) is 4.39 Å². The Morgan fingerprint density at radius 1 is 1.30 bits per heavy atom. The van der Waals surface area contributed by atoms with Gasteiger partial charge in [0.05, 0.1) is 0 Å². The first-order valence-electron chi connectivity index (χ1n) is 1.73. The number of aliphatic carboxylic acids is 2. The van der Waals surface area contributed by atoms with Crippen LogP contribution in [0, 0.1) is 0 Å². The van der Waals surface area contributed by atoms with E-state index in [-0.39, 0.29) is 29.6 Å². The summed E-state index contributed by atoms with van der Waals surface area (Å²) in [6.45, 7) is 0. The van der Waals surface area contributed by atoms with E-state index in [1.807, 2.05) is 0 Å². The van der Waals surface area contributed by atoms with E-state index in [2.05, 4.69) is 0 Å². The zero-order valence-corrected chi connectivity index (χ0v) is 6.12. The molecule has 54 valence electrons. The van der Waals surface area contributed by atoms with Crippen LogP contribution in [-0.2, 0) is 9.59 Å². The van der Waals surface area contributed by atoms with Crippen LogP contribution in [0.5, 0.6) is 0 Å². The van der Waals surface area contributed by atoms with Crippen molar-refractivity contribution in [1.82, 2.24) is 0 Å². The molecule has 0 saturated heterocycles. The first-order valence-corrected chi connectivity index (χ1v) is 2.81. The van der Waals surface area contributed by atoms with Gasteiger partial charge in [0.1, 0.15) is 0 Å². The Kier molecular flexibility index (Phi) is 5.91. The maximum absolute atomic E-state index is 12.1. The fourth-order valence-electron chi connectivity index (χ4n) is 0.0915. The third kappa shape index (κ3) is 3.13. The van der Waals surface area contributed by atoms with Gasteiger partial charge in [0.25, 0.3) is 0 Å². The van der Waals surface area contributed by atoms with Gasteiger partial charge in [-0.05, 0) is 22.6 Å². The number of carboxylic acid groups (broad SMARTS) is 2. The molecule has 0 heterocycles. The molecule has 0 bridgehead atoms. The normalized spacial score (nSPS) is 9.80. The van der Waals surface area contributed by atoms with Crippen molar-refractivity contribution in [1.29, 1.82) is 0 Å². The zero-order valence-electron chi connectivity index (χ0n) is 3.97. The summed E-state index contributed by atoms with van der Waals surface area (Å²) in [6.07, 6.45) is 0. The summed E-state index contributed by atoms with van der Waals surface area (Å²) < 4.78 is 8.93. The molecular weight excluding hydrogens is 269 g/mol. The van der Waals surface area contributed by atoms with Crippen molar-refractivity contribution in [3.05, 3.63) is 0 Å². The van der Waals surface area contributed by atoms with Gasteiger partial charge >= 0.3 is 45.2 Å². The predicted octanol–water partition coefficient (Wildman–Crippen LogP) is -0.392. The van der Waals surface area contributed by atoms with E-state index in [4.69, 9.17) is 10.2 Å². The molecule has 0 aliphatic carbocycles. The molecule has 0 fully saturated rings. The first kappa shape index (κ1) is 13.2. The van der Waals surface area contributed by atoms with E-state index in [1.165, 1.54) is 0 Å². The molecule has 0 unspecified atom stereocenters. The Balaban J connectivity index is 0. The van der Waals surface area contributed by atoms with Crippen molar-refractivity contribution < 1.29 is 24.2 Å². The van der Waals surface area contributed by atoms with E-state index >= 15 is 0 Å². The summed E-state index contributed by atoms with van der Waals surface area (Å²) >= 11 is 0.690. The molecule has 0 aromatic rings. The Bertz CT molecular complexity index is 143. The zero-order chi connectivity index (χ0) is 7.65. The third-order valence-electron chi connectivity index (χ3n) is 0.537. The summed E-state index contributed by atoms with van der Waals surface area (Å²) in [5.74, 6) is -4.01. The number of hydrogen-bond donors (Lipinski definition) is 2. The molecule has 0 aromatic heterocycles. The number of alkyl halides is 2. The summed E-state index contributed by atoms with van der Waals surface area (Å²) in [5, 5.41) is 15.7. The summed E-state index contributed by atoms with van der Waals surface area (Å²) in [7, 11) is 0. The SMILES string of the molecule is O=C(O)C(F)(I)C(=O)O.[NaH]. The summed E-state index contributed by atoms with van der Waals surface area (Å²) in [6, 6.07) is 0. The van der Waals surface area contributed by atoms with Gasteiger partial charge in [0, 0.05) is 0 Å². The minimum atomic E-state index is -3.20. The van der Waals surface area contributed by atoms with Crippen molar-refractivity contribution in [3.63, 3.8) is 0 Å². The fourth-order valence-corrected chi connectivity index (χ4v) is 0.0915. The van der Waals surface area contributed by atoms with E-state index < -0.39 is 15.6 Å². The number of rotatable bonds is 2. The predicted molar refractivity (Wildman–Crippen MR) is 40.3 cm³/mol. The van der Waals surface area contributed by atoms with Crippen molar-refractivity contribution >= 4 is 64.1 Å². The van der Waals surface area contributed by atoms with Gasteiger partial charge in [-0.3, -0.25) is 0 Å². The molecule has 0 spiro atoms. The second kappa shape index (κ2) is 4.47. The van der Waals surface area contributed by atoms with Crippen LogP contribution in [0.1, 0.15) is 0 Å². The molecule has 0 aliphatic heterocycles. The molecule has 0 amide bonds. The van der Waals surface area contributed by atoms with Crippen LogP contribution in [0.2, 0.25) is 0 Å². The molecule has 10 heavy (non-hydrogen) atoms. The average Bonchev–Trinajstić information content (AvgIpc) is 1.65. The fraction of sp³-hybridized carbons (Fsp3) is 0.333. The maximum atomic E-state index is 12.1. The number of halogens is 2. The van der Waals surface area contributed by atoms with Gasteiger partial charge in [-0.15, -0.1) is 0 Å². The number of carboxylic acids is 2. The molecule has 0 aromatic carbocycles. The van der Waals surface area contributed by atoms with E-state index in [1.54, 1.807) is 0 Å². The molecule has 0 saturated carbocycles. The van der Waals surface area contributed by atoms with Crippen LogP contribution < -0.4 is 0 Å². The standard InChI is InChI=1S/C3H2FIO4.Na.H/c4-3(5,1(6)7)2(8)9;;/h(H,6,7)(H,8,9);;. The van der Waals surface area contributed by atoms with E-state index in [9.17, 15) is 14.0 Å². The molecule has 2 N–H and O–H groups in total. The van der Waals surface area contributed by atoms with Gasteiger partial charge in [-0.2, -0.15) is 0 Å². The van der Waals surface area contributed by atoms with Crippen molar-refractivity contribution in [2.45, 2.75) is 3.68 Å². The van der Waals surface area contributed by atoms with E-state index in [0.717, 1.165) is 0 Å². The second-order valence-corrected chi connectivity index (χ2v) is 2.67. The molecule has 4 nitrogen and oxygen atoms in total. The summed E-state index contributed by atoms with van der Waals surface area (Å²) in [4.78, 5) is 19.4. The molecule has 0 radical (unpaired) electrons. The van der Waals surface area contributed by atoms with Gasteiger partial charge in [-0.25, -0.2) is 14.0 Å². The second-order valence-electron chi connectivity index (χ2n) is 1.18. The Labute approximate surface area is 91.2 Å². The Hall–Kier alpha value is 0.600. The quantitative estimate of drug-likeness (QED) is 0.310. The first-order chi connectivity index (χ1) is 3.89. The van der Waals surface area contributed by atoms with Crippen LogP contribution in [0.15, 0.2) is 0 Å². The van der Waals surface area contributed by atoms with Crippen molar-refractivity contribution in [2.75, 3.05) is 0 Å². The molecule has 0 rings (SSSR count). The molecular formula is C3H3FINaO4. The Morgan fingerprint density at radius 2 is 1.50 bits per heavy atom. The number of carbonyl (C=O) groups is 2. The number of hydrogen-bond acceptors (Lipinski definition) is 2. The minimum absolute atomic E-state index is 0. The van der Waals surface area contributed by atoms with Crippen molar-refractivity contribution in [2.24, 2.45) is 0 Å². The topological polar surface area (TPSA) is 74.6 Å². The third-order valence-corrected chi connectivity index (χ3v) is 1.46. The average molecular weight is 272 g/mol. The van der Waals surface area contributed by atoms with Gasteiger partial charge in [0.2, 0.25) is 0 Å². The summed E-state index contributed by atoms with van der Waals surface area (Å²) in [5.41, 5.74) is 0.